The van der Waals surface area contributed by atoms with Gasteiger partial charge >= 0.3 is 6.03 Å². The maximum absolute atomic E-state index is 12.3. The van der Waals surface area contributed by atoms with Crippen LogP contribution >= 0.6 is 0 Å². The number of piperidine rings is 1. The highest BCUT2D eigenvalue weighted by Gasteiger charge is 2.33. The van der Waals surface area contributed by atoms with Crippen LogP contribution in [0.25, 0.3) is 0 Å². The van der Waals surface area contributed by atoms with Crippen LogP contribution < -0.4 is 5.32 Å². The number of rotatable bonds is 4. The third-order valence-corrected chi connectivity index (χ3v) is 3.65. The van der Waals surface area contributed by atoms with Crippen molar-refractivity contribution in [3.8, 4) is 0 Å². The molecule has 6 nitrogen and oxygen atoms in total. The van der Waals surface area contributed by atoms with Crippen LogP contribution in [0.1, 0.15) is 39.5 Å². The molecule has 1 fully saturated rings. The number of carbonyl (C=O) groups excluding carboxylic acids is 3. The molecule has 0 aromatic heterocycles. The lowest BCUT2D eigenvalue weighted by atomic mass is 10.0. The van der Waals surface area contributed by atoms with Gasteiger partial charge in [0.2, 0.25) is 5.91 Å². The minimum absolute atomic E-state index is 0.0536. The smallest absolute Gasteiger partial charge is 0.320 e. The van der Waals surface area contributed by atoms with E-state index in [4.69, 9.17) is 0 Å². The first-order valence-corrected chi connectivity index (χ1v) is 7.17. The van der Waals surface area contributed by atoms with Crippen molar-refractivity contribution < 1.29 is 14.4 Å². The van der Waals surface area contributed by atoms with Gasteiger partial charge in [-0.1, -0.05) is 6.92 Å². The van der Waals surface area contributed by atoms with Crippen LogP contribution in [0, 0.1) is 0 Å². The summed E-state index contributed by atoms with van der Waals surface area (Å²) in [6, 6.07) is -1.08. The van der Waals surface area contributed by atoms with Crippen molar-refractivity contribution >= 4 is 17.7 Å². The highest BCUT2D eigenvalue weighted by molar-refractivity contribution is 5.91. The fraction of sp³-hybridized carbons (Fsp3) is 0.786. The molecule has 2 unspecified atom stereocenters. The molecule has 0 aromatic carbocycles. The first kappa shape index (κ1) is 16.5. The Morgan fingerprint density at radius 3 is 2.45 bits per heavy atom. The van der Waals surface area contributed by atoms with E-state index in [0.717, 1.165) is 12.8 Å². The number of nitrogens with one attached hydrogen (secondary N) is 1. The van der Waals surface area contributed by atoms with Gasteiger partial charge in [0, 0.05) is 20.6 Å². The summed E-state index contributed by atoms with van der Waals surface area (Å²) in [5, 5.41) is 2.76. The van der Waals surface area contributed by atoms with E-state index < -0.39 is 12.1 Å². The summed E-state index contributed by atoms with van der Waals surface area (Å²) >= 11 is 0. The van der Waals surface area contributed by atoms with Gasteiger partial charge in [-0.15, -0.1) is 0 Å². The van der Waals surface area contributed by atoms with Gasteiger partial charge in [-0.3, -0.25) is 9.59 Å². The quantitative estimate of drug-likeness (QED) is 0.837. The van der Waals surface area contributed by atoms with Crippen molar-refractivity contribution in [1.29, 1.82) is 0 Å². The number of hydrogen-bond donors (Lipinski definition) is 1. The monoisotopic (exact) mass is 283 g/mol. The number of nitrogens with zero attached hydrogens (tertiary/aromatic N) is 2. The predicted octanol–water partition coefficient (Wildman–Crippen LogP) is 1.01. The largest absolute Gasteiger partial charge is 0.345 e. The fourth-order valence-corrected chi connectivity index (χ4v) is 2.45. The SMILES string of the molecule is CCC(NC(=O)C1CCCCN1C(=O)N(C)C)C(C)=O. The molecule has 0 radical (unpaired) electrons. The summed E-state index contributed by atoms with van der Waals surface area (Å²) in [5.74, 6) is -0.274. The molecule has 0 spiro atoms. The Hall–Kier alpha value is -1.59. The van der Waals surface area contributed by atoms with Crippen LogP contribution in [0.5, 0.6) is 0 Å². The van der Waals surface area contributed by atoms with E-state index >= 15 is 0 Å². The summed E-state index contributed by atoms with van der Waals surface area (Å²) in [6.07, 6.45) is 3.05. The molecule has 1 saturated heterocycles. The molecule has 1 N–H and O–H groups in total. The van der Waals surface area contributed by atoms with Crippen LogP contribution in [0.4, 0.5) is 4.79 Å². The third kappa shape index (κ3) is 3.95. The third-order valence-electron chi connectivity index (χ3n) is 3.65. The normalized spacial score (nSPS) is 20.2. The molecule has 114 valence electrons. The Morgan fingerprint density at radius 1 is 1.30 bits per heavy atom. The van der Waals surface area contributed by atoms with Gasteiger partial charge in [0.05, 0.1) is 6.04 Å². The second-order valence-electron chi connectivity index (χ2n) is 5.46. The van der Waals surface area contributed by atoms with Crippen molar-refractivity contribution in [2.24, 2.45) is 0 Å². The van der Waals surface area contributed by atoms with Gasteiger partial charge in [0.1, 0.15) is 6.04 Å². The number of ketones is 1. The summed E-state index contributed by atoms with van der Waals surface area (Å²) in [7, 11) is 3.35. The molecule has 20 heavy (non-hydrogen) atoms. The molecule has 0 aromatic rings. The predicted molar refractivity (Wildman–Crippen MR) is 76.3 cm³/mol. The van der Waals surface area contributed by atoms with E-state index in [-0.39, 0.29) is 17.7 Å². The maximum atomic E-state index is 12.3. The van der Waals surface area contributed by atoms with E-state index in [9.17, 15) is 14.4 Å². The average molecular weight is 283 g/mol. The van der Waals surface area contributed by atoms with Gasteiger partial charge in [0.15, 0.2) is 5.78 Å². The zero-order valence-electron chi connectivity index (χ0n) is 12.8. The van der Waals surface area contributed by atoms with Crippen LogP contribution in [0.3, 0.4) is 0 Å². The Morgan fingerprint density at radius 2 is 1.95 bits per heavy atom. The number of likely N-dealkylation sites (tertiary alicyclic amines) is 1. The zero-order valence-corrected chi connectivity index (χ0v) is 12.8. The lowest BCUT2D eigenvalue weighted by molar-refractivity contribution is -0.130. The van der Waals surface area contributed by atoms with Gasteiger partial charge < -0.3 is 15.1 Å². The standard InChI is InChI=1S/C14H25N3O3/c1-5-11(10(2)18)15-13(19)12-8-6-7-9-17(12)14(20)16(3)4/h11-12H,5-9H2,1-4H3,(H,15,19). The fourth-order valence-electron chi connectivity index (χ4n) is 2.45. The minimum Gasteiger partial charge on any atom is -0.345 e. The average Bonchev–Trinajstić information content (AvgIpc) is 2.43. The lowest BCUT2D eigenvalue weighted by Crippen LogP contribution is -2.56. The maximum Gasteiger partial charge on any atom is 0.320 e. The van der Waals surface area contributed by atoms with Crippen LogP contribution in [0.15, 0.2) is 0 Å². The Kier molecular flexibility index (Phi) is 5.98. The van der Waals surface area contributed by atoms with Crippen molar-refractivity contribution in [3.05, 3.63) is 0 Å². The van der Waals surface area contributed by atoms with Crippen LogP contribution in [0.2, 0.25) is 0 Å². The second-order valence-corrected chi connectivity index (χ2v) is 5.46. The number of carbonyl (C=O) groups is 3. The summed E-state index contributed by atoms with van der Waals surface area (Å²) in [4.78, 5) is 38.9. The van der Waals surface area contributed by atoms with E-state index in [1.54, 1.807) is 19.0 Å². The first-order valence-electron chi connectivity index (χ1n) is 7.17. The molecule has 0 aliphatic carbocycles. The molecule has 1 heterocycles. The van der Waals surface area contributed by atoms with Gasteiger partial charge in [-0.2, -0.15) is 0 Å². The Balaban J connectivity index is 2.77. The topological polar surface area (TPSA) is 69.7 Å². The number of hydrogen-bond acceptors (Lipinski definition) is 3. The molecule has 1 rings (SSSR count). The molecule has 6 heteroatoms. The second kappa shape index (κ2) is 7.26. The van der Waals surface area contributed by atoms with E-state index in [0.29, 0.717) is 19.4 Å². The van der Waals surface area contributed by atoms with Crippen LogP contribution in [-0.2, 0) is 9.59 Å². The van der Waals surface area contributed by atoms with E-state index in [1.165, 1.54) is 11.8 Å². The molecule has 0 bridgehead atoms. The van der Waals surface area contributed by atoms with Crippen molar-refractivity contribution in [2.45, 2.75) is 51.6 Å². The van der Waals surface area contributed by atoms with Crippen LogP contribution in [-0.4, -0.2) is 60.2 Å². The van der Waals surface area contributed by atoms with E-state index in [2.05, 4.69) is 5.32 Å². The zero-order chi connectivity index (χ0) is 15.3. The molecule has 2 atom stereocenters. The van der Waals surface area contributed by atoms with Crippen molar-refractivity contribution in [2.75, 3.05) is 20.6 Å². The molecule has 3 amide bonds. The molecule has 0 saturated carbocycles. The minimum atomic E-state index is -0.466. The van der Waals surface area contributed by atoms with Gasteiger partial charge in [0.25, 0.3) is 0 Å². The number of Topliss-reactive ketones (excluding diaryl/α,β-unsaturated/α-hetero) is 1. The molecular formula is C14H25N3O3. The van der Waals surface area contributed by atoms with E-state index in [1.807, 2.05) is 6.92 Å². The highest BCUT2D eigenvalue weighted by atomic mass is 16.2. The highest BCUT2D eigenvalue weighted by Crippen LogP contribution is 2.18. The lowest BCUT2D eigenvalue weighted by Gasteiger charge is -2.36. The Labute approximate surface area is 120 Å². The van der Waals surface area contributed by atoms with Gasteiger partial charge in [-0.25, -0.2) is 4.79 Å². The summed E-state index contributed by atoms with van der Waals surface area (Å²) in [6.45, 7) is 3.92. The van der Waals surface area contributed by atoms with Crippen molar-refractivity contribution in [3.63, 3.8) is 0 Å². The first-order chi connectivity index (χ1) is 9.38. The van der Waals surface area contributed by atoms with Gasteiger partial charge in [-0.05, 0) is 32.6 Å². The molecule has 1 aliphatic rings. The Bertz CT molecular complexity index is 382. The van der Waals surface area contributed by atoms with Crippen molar-refractivity contribution in [1.82, 2.24) is 15.1 Å². The molecule has 1 aliphatic heterocycles. The number of amides is 3. The summed E-state index contributed by atoms with van der Waals surface area (Å²) in [5.41, 5.74) is 0. The molecular weight excluding hydrogens is 258 g/mol. The summed E-state index contributed by atoms with van der Waals surface area (Å²) < 4.78 is 0. The number of urea groups is 1.